The molecule has 178 valence electrons. The molecule has 1 spiro atoms. The number of hydrogen-bond acceptors (Lipinski definition) is 5. The van der Waals surface area contributed by atoms with Crippen molar-refractivity contribution < 1.29 is 18.7 Å². The van der Waals surface area contributed by atoms with E-state index in [-0.39, 0.29) is 23.5 Å². The highest BCUT2D eigenvalue weighted by atomic mass is 16.5. The van der Waals surface area contributed by atoms with Gasteiger partial charge in [0, 0.05) is 43.4 Å². The number of ether oxygens (including phenoxy) is 2. The molecule has 0 N–H and O–H groups in total. The first kappa shape index (κ1) is 20.6. The molecule has 0 radical (unpaired) electrons. The molecule has 1 aromatic carbocycles. The number of nitrogens with zero attached hydrogens (tertiary/aromatic N) is 2. The number of likely N-dealkylation sites (N-methyl/N-ethyl adjacent to an activating group) is 1. The molecule has 1 unspecified atom stereocenters. The van der Waals surface area contributed by atoms with Gasteiger partial charge in [0.15, 0.2) is 11.5 Å². The monoisotopic (exact) mass is 460 g/mol. The molecular formula is C28H32N2O4. The fraction of sp³-hybridized carbons (Fsp3) is 0.536. The average Bonchev–Trinajstić information content (AvgIpc) is 3.28. The third-order valence-electron chi connectivity index (χ3n) is 9.25. The molecule has 3 fully saturated rings. The molecule has 6 nitrogen and oxygen atoms in total. The molecule has 5 aliphatic rings. The molecule has 7 rings (SSSR count). The molecule has 6 heteroatoms. The maximum atomic E-state index is 13.2. The Morgan fingerprint density at radius 2 is 2.15 bits per heavy atom. The van der Waals surface area contributed by atoms with Crippen LogP contribution in [0.2, 0.25) is 0 Å². The number of likely N-dealkylation sites (tertiary alicyclic amines) is 1. The van der Waals surface area contributed by atoms with E-state index in [0.29, 0.717) is 12.0 Å². The zero-order chi connectivity index (χ0) is 23.0. The minimum absolute atomic E-state index is 0.00740. The van der Waals surface area contributed by atoms with E-state index < -0.39 is 0 Å². The Morgan fingerprint density at radius 3 is 2.91 bits per heavy atom. The van der Waals surface area contributed by atoms with Gasteiger partial charge in [-0.2, -0.15) is 0 Å². The van der Waals surface area contributed by atoms with Crippen molar-refractivity contribution in [1.29, 1.82) is 0 Å². The molecule has 2 saturated carbocycles. The van der Waals surface area contributed by atoms with Crippen LogP contribution in [-0.2, 0) is 16.6 Å². The number of carbonyl (C=O) groups is 1. The number of furan rings is 1. The lowest BCUT2D eigenvalue weighted by molar-refractivity contribution is -0.131. The highest BCUT2D eigenvalue weighted by Crippen LogP contribution is 2.64. The number of benzene rings is 1. The first-order chi connectivity index (χ1) is 16.6. The number of hydrogen-bond donors (Lipinski definition) is 0. The summed E-state index contributed by atoms with van der Waals surface area (Å²) in [6.45, 7) is 2.25. The van der Waals surface area contributed by atoms with Crippen LogP contribution in [0, 0.1) is 11.8 Å². The third kappa shape index (κ3) is 2.81. The Morgan fingerprint density at radius 1 is 1.26 bits per heavy atom. The Labute approximate surface area is 200 Å². The molecule has 3 aliphatic carbocycles. The van der Waals surface area contributed by atoms with Gasteiger partial charge >= 0.3 is 0 Å². The maximum absolute atomic E-state index is 13.2. The average molecular weight is 461 g/mol. The maximum Gasteiger partial charge on any atom is 0.246 e. The number of methoxy groups -OCH3 is 1. The quantitative estimate of drug-likeness (QED) is 0.613. The van der Waals surface area contributed by atoms with Crippen molar-refractivity contribution in [3.05, 3.63) is 53.5 Å². The van der Waals surface area contributed by atoms with E-state index in [2.05, 4.69) is 17.0 Å². The molecule has 2 aromatic rings. The molecule has 1 saturated heterocycles. The molecule has 2 aliphatic heterocycles. The summed E-state index contributed by atoms with van der Waals surface area (Å²) >= 11 is 0. The van der Waals surface area contributed by atoms with Crippen LogP contribution in [0.1, 0.15) is 42.4 Å². The fourth-order valence-corrected chi connectivity index (χ4v) is 7.59. The highest BCUT2D eigenvalue weighted by Gasteiger charge is 2.69. The number of amides is 1. The summed E-state index contributed by atoms with van der Waals surface area (Å²) in [5, 5.41) is 0. The van der Waals surface area contributed by atoms with Gasteiger partial charge in [0.1, 0.15) is 6.10 Å². The largest absolute Gasteiger partial charge is 0.493 e. The molecular weight excluding hydrogens is 428 g/mol. The van der Waals surface area contributed by atoms with Gasteiger partial charge in [0.25, 0.3) is 0 Å². The Kier molecular flexibility index (Phi) is 4.48. The topological polar surface area (TPSA) is 55.2 Å². The van der Waals surface area contributed by atoms with Crippen LogP contribution in [0.4, 0.5) is 0 Å². The van der Waals surface area contributed by atoms with E-state index in [9.17, 15) is 4.79 Å². The zero-order valence-electron chi connectivity index (χ0n) is 19.9. The third-order valence-corrected chi connectivity index (χ3v) is 9.25. The molecule has 1 aromatic heterocycles. The predicted octanol–water partition coefficient (Wildman–Crippen LogP) is 3.89. The second-order valence-electron chi connectivity index (χ2n) is 10.9. The van der Waals surface area contributed by atoms with Crippen LogP contribution in [0.5, 0.6) is 11.5 Å². The summed E-state index contributed by atoms with van der Waals surface area (Å²) < 4.78 is 17.8. The van der Waals surface area contributed by atoms with E-state index in [1.807, 2.05) is 24.1 Å². The molecule has 2 bridgehead atoms. The normalized spacial score (nSPS) is 33.1. The smallest absolute Gasteiger partial charge is 0.246 e. The molecule has 34 heavy (non-hydrogen) atoms. The Hall–Kier alpha value is -2.73. The fourth-order valence-electron chi connectivity index (χ4n) is 7.59. The van der Waals surface area contributed by atoms with Gasteiger partial charge in [-0.3, -0.25) is 9.69 Å². The van der Waals surface area contributed by atoms with Crippen molar-refractivity contribution in [2.45, 2.75) is 55.7 Å². The summed E-state index contributed by atoms with van der Waals surface area (Å²) in [7, 11) is 3.66. The zero-order valence-corrected chi connectivity index (χ0v) is 19.9. The van der Waals surface area contributed by atoms with E-state index in [1.165, 1.54) is 30.5 Å². The summed E-state index contributed by atoms with van der Waals surface area (Å²) in [4.78, 5) is 17.9. The van der Waals surface area contributed by atoms with Crippen LogP contribution in [-0.4, -0.2) is 61.1 Å². The summed E-state index contributed by atoms with van der Waals surface area (Å²) in [6, 6.07) is 6.81. The van der Waals surface area contributed by atoms with Gasteiger partial charge in [-0.15, -0.1) is 0 Å². The van der Waals surface area contributed by atoms with Gasteiger partial charge < -0.3 is 18.8 Å². The van der Waals surface area contributed by atoms with Gasteiger partial charge in [-0.05, 0) is 67.7 Å². The van der Waals surface area contributed by atoms with Crippen LogP contribution in [0.25, 0.3) is 6.08 Å². The summed E-state index contributed by atoms with van der Waals surface area (Å²) in [5.74, 6) is 3.21. The van der Waals surface area contributed by atoms with Crippen molar-refractivity contribution in [2.75, 3.05) is 27.2 Å². The van der Waals surface area contributed by atoms with Crippen molar-refractivity contribution in [3.8, 4) is 11.5 Å². The van der Waals surface area contributed by atoms with Crippen LogP contribution >= 0.6 is 0 Å². The summed E-state index contributed by atoms with van der Waals surface area (Å²) in [5.41, 5.74) is 3.65. The van der Waals surface area contributed by atoms with E-state index in [4.69, 9.17) is 13.9 Å². The van der Waals surface area contributed by atoms with Gasteiger partial charge in [-0.1, -0.05) is 6.07 Å². The molecule has 1 amide bonds. The second-order valence-corrected chi connectivity index (χ2v) is 10.9. The lowest BCUT2D eigenvalue weighted by Gasteiger charge is -2.49. The minimum atomic E-state index is -0.0528. The molecule has 5 atom stereocenters. The van der Waals surface area contributed by atoms with Gasteiger partial charge in [0.05, 0.1) is 31.1 Å². The second kappa shape index (κ2) is 7.38. The number of rotatable bonds is 6. The first-order valence-electron chi connectivity index (χ1n) is 12.7. The van der Waals surface area contributed by atoms with Gasteiger partial charge in [0.2, 0.25) is 5.91 Å². The number of carbonyl (C=O) groups excluding carboxylic acids is 1. The first-order valence-corrected chi connectivity index (χ1v) is 12.7. The Bertz CT molecular complexity index is 1150. The Balaban J connectivity index is 1.26. The predicted molar refractivity (Wildman–Crippen MR) is 128 cm³/mol. The van der Waals surface area contributed by atoms with Gasteiger partial charge in [-0.25, -0.2) is 0 Å². The van der Waals surface area contributed by atoms with Crippen molar-refractivity contribution >= 4 is 12.0 Å². The van der Waals surface area contributed by atoms with Crippen LogP contribution in [0.3, 0.4) is 0 Å². The summed E-state index contributed by atoms with van der Waals surface area (Å²) in [6.07, 6.45) is 12.7. The van der Waals surface area contributed by atoms with Crippen molar-refractivity contribution in [2.24, 2.45) is 11.8 Å². The van der Waals surface area contributed by atoms with Crippen molar-refractivity contribution in [3.63, 3.8) is 0 Å². The SMILES string of the molecule is COc1ccc2c3c1O[C@H]1[C@H](N(C)C(=O)/C=C/c4ccoc4)CCC4[C@@H](C2)N(CC2CC2)C[C@@]341. The van der Waals surface area contributed by atoms with Crippen LogP contribution in [0.15, 0.2) is 41.2 Å². The van der Waals surface area contributed by atoms with Crippen LogP contribution < -0.4 is 9.47 Å². The van der Waals surface area contributed by atoms with Crippen molar-refractivity contribution in [1.82, 2.24) is 9.80 Å². The lowest BCUT2D eigenvalue weighted by atomic mass is 9.56. The standard InChI is InChI=1S/C28H32N2O4/c1-29(24(31)10-5-18-11-12-33-15-18)21-8-7-20-22-13-19-6-9-23(32-2)26-25(19)28(20,27(21)34-26)16-30(22)14-17-3-4-17/h5-6,9-12,15,17,20-22,27H,3-4,7-8,13-14,16H2,1-2H3/b10-5+/t20?,21-,22-,27+,28+/m1/s1. The molecule has 3 heterocycles. The van der Waals surface area contributed by atoms with E-state index in [1.54, 1.807) is 25.7 Å². The lowest BCUT2D eigenvalue weighted by Crippen LogP contribution is -2.61. The minimum Gasteiger partial charge on any atom is -0.493 e. The van der Waals surface area contributed by atoms with E-state index >= 15 is 0 Å². The van der Waals surface area contributed by atoms with E-state index in [0.717, 1.165) is 48.8 Å². The highest BCUT2D eigenvalue weighted by molar-refractivity contribution is 5.91.